The van der Waals surface area contributed by atoms with Crippen molar-refractivity contribution in [2.24, 2.45) is 0 Å². The molecule has 25 heavy (non-hydrogen) atoms. The minimum atomic E-state index is -0.774. The Labute approximate surface area is 149 Å². The molecule has 2 N–H and O–H groups in total. The van der Waals surface area contributed by atoms with Crippen molar-refractivity contribution < 1.29 is 9.90 Å². The summed E-state index contributed by atoms with van der Waals surface area (Å²) in [6.45, 7) is 4.19. The van der Waals surface area contributed by atoms with Gasteiger partial charge in [-0.3, -0.25) is 4.79 Å². The van der Waals surface area contributed by atoms with Crippen molar-refractivity contribution in [1.29, 1.82) is 0 Å². The van der Waals surface area contributed by atoms with E-state index in [-0.39, 0.29) is 18.4 Å². The second-order valence-electron chi connectivity index (χ2n) is 6.71. The van der Waals surface area contributed by atoms with Gasteiger partial charge in [0, 0.05) is 18.8 Å². The van der Waals surface area contributed by atoms with E-state index in [0.717, 1.165) is 24.2 Å². The Morgan fingerprint density at radius 1 is 1.08 bits per heavy atom. The van der Waals surface area contributed by atoms with E-state index in [1.165, 1.54) is 18.5 Å². The lowest BCUT2D eigenvalue weighted by Crippen LogP contribution is -2.28. The van der Waals surface area contributed by atoms with Gasteiger partial charge in [-0.2, -0.15) is 0 Å². The van der Waals surface area contributed by atoms with Crippen LogP contribution in [0.1, 0.15) is 49.5 Å². The zero-order chi connectivity index (χ0) is 17.6. The van der Waals surface area contributed by atoms with Crippen molar-refractivity contribution in [2.75, 3.05) is 18.0 Å². The molecule has 3 rings (SSSR count). The molecular formula is C21H26N2O2. The highest BCUT2D eigenvalue weighted by Gasteiger charge is 2.17. The van der Waals surface area contributed by atoms with Crippen LogP contribution in [0.5, 0.6) is 0 Å². The summed E-state index contributed by atoms with van der Waals surface area (Å²) in [5.74, 6) is -0.143. The van der Waals surface area contributed by atoms with Gasteiger partial charge in [0.1, 0.15) is 0 Å². The summed E-state index contributed by atoms with van der Waals surface area (Å²) in [5, 5.41) is 13.2. The standard InChI is InChI=1S/C21H26N2O2/c1-16(18-10-7-11-19(14-18)23-12-5-6-13-23)22-21(25)15-20(24)17-8-3-2-4-9-17/h2-4,7-11,14,16,20,24H,5-6,12-13,15H2,1H3,(H,22,25). The van der Waals surface area contributed by atoms with Gasteiger partial charge >= 0.3 is 0 Å². The van der Waals surface area contributed by atoms with Crippen LogP contribution < -0.4 is 10.2 Å². The maximum Gasteiger partial charge on any atom is 0.223 e. The van der Waals surface area contributed by atoms with Crippen LogP contribution in [0.4, 0.5) is 5.69 Å². The molecular weight excluding hydrogens is 312 g/mol. The largest absolute Gasteiger partial charge is 0.388 e. The molecule has 1 aliphatic heterocycles. The molecule has 0 spiro atoms. The fourth-order valence-corrected chi connectivity index (χ4v) is 3.32. The van der Waals surface area contributed by atoms with Gasteiger partial charge in [-0.1, -0.05) is 42.5 Å². The molecule has 2 aromatic rings. The number of rotatable bonds is 6. The molecule has 4 heteroatoms. The number of aliphatic hydroxyl groups excluding tert-OH is 1. The lowest BCUT2D eigenvalue weighted by molar-refractivity contribution is -0.123. The minimum absolute atomic E-state index is 0.0696. The first-order valence-corrected chi connectivity index (χ1v) is 9.01. The van der Waals surface area contributed by atoms with Crippen molar-refractivity contribution in [2.45, 2.75) is 38.3 Å². The Morgan fingerprint density at radius 2 is 1.76 bits per heavy atom. The summed E-state index contributed by atoms with van der Waals surface area (Å²) in [6, 6.07) is 17.6. The number of amides is 1. The van der Waals surface area contributed by atoms with Crippen molar-refractivity contribution in [3.63, 3.8) is 0 Å². The highest BCUT2D eigenvalue weighted by atomic mass is 16.3. The third-order valence-corrected chi connectivity index (χ3v) is 4.78. The molecule has 1 fully saturated rings. The van der Waals surface area contributed by atoms with Crippen LogP contribution >= 0.6 is 0 Å². The molecule has 0 aromatic heterocycles. The second kappa shape index (κ2) is 8.17. The second-order valence-corrected chi connectivity index (χ2v) is 6.71. The van der Waals surface area contributed by atoms with Crippen molar-refractivity contribution >= 4 is 11.6 Å². The quantitative estimate of drug-likeness (QED) is 0.846. The minimum Gasteiger partial charge on any atom is -0.388 e. The van der Waals surface area contributed by atoms with E-state index in [9.17, 15) is 9.90 Å². The Balaban J connectivity index is 1.59. The molecule has 0 aliphatic carbocycles. The maximum atomic E-state index is 12.3. The SMILES string of the molecule is CC(NC(=O)CC(O)c1ccccc1)c1cccc(N2CCCC2)c1. The number of aliphatic hydroxyl groups is 1. The number of nitrogens with zero attached hydrogens (tertiary/aromatic N) is 1. The van der Waals surface area contributed by atoms with Gasteiger partial charge in [-0.15, -0.1) is 0 Å². The van der Waals surface area contributed by atoms with Gasteiger partial charge in [0.05, 0.1) is 18.6 Å². The van der Waals surface area contributed by atoms with Crippen molar-refractivity contribution in [3.8, 4) is 0 Å². The molecule has 1 heterocycles. The number of hydrogen-bond acceptors (Lipinski definition) is 3. The van der Waals surface area contributed by atoms with Crippen molar-refractivity contribution in [1.82, 2.24) is 5.32 Å². The normalized spacial score (nSPS) is 16.5. The number of carbonyl (C=O) groups is 1. The topological polar surface area (TPSA) is 52.6 Å². The lowest BCUT2D eigenvalue weighted by Gasteiger charge is -2.21. The van der Waals surface area contributed by atoms with Crippen LogP contribution in [0, 0.1) is 0 Å². The number of carbonyl (C=O) groups excluding carboxylic acids is 1. The zero-order valence-electron chi connectivity index (χ0n) is 14.7. The summed E-state index contributed by atoms with van der Waals surface area (Å²) in [7, 11) is 0. The van der Waals surface area contributed by atoms with Gasteiger partial charge < -0.3 is 15.3 Å². The average Bonchev–Trinajstić information content (AvgIpc) is 3.17. The Morgan fingerprint density at radius 3 is 2.48 bits per heavy atom. The van der Waals surface area contributed by atoms with Crippen LogP contribution in [0.15, 0.2) is 54.6 Å². The predicted molar refractivity (Wildman–Crippen MR) is 100 cm³/mol. The van der Waals surface area contributed by atoms with E-state index in [4.69, 9.17) is 0 Å². The number of hydrogen-bond donors (Lipinski definition) is 2. The fourth-order valence-electron chi connectivity index (χ4n) is 3.32. The summed E-state index contributed by atoms with van der Waals surface area (Å²) < 4.78 is 0. The van der Waals surface area contributed by atoms with Crippen LogP contribution in [0.25, 0.3) is 0 Å². The summed E-state index contributed by atoms with van der Waals surface area (Å²) in [5.41, 5.74) is 3.08. The first-order chi connectivity index (χ1) is 12.1. The van der Waals surface area contributed by atoms with E-state index in [2.05, 4.69) is 22.3 Å². The molecule has 0 bridgehead atoms. The van der Waals surface area contributed by atoms with E-state index in [1.54, 1.807) is 0 Å². The van der Waals surface area contributed by atoms with Gasteiger partial charge in [0.2, 0.25) is 5.91 Å². The summed E-state index contributed by atoms with van der Waals surface area (Å²) in [6.07, 6.45) is 1.78. The zero-order valence-corrected chi connectivity index (χ0v) is 14.7. The number of nitrogens with one attached hydrogen (secondary N) is 1. The third kappa shape index (κ3) is 4.60. The molecule has 0 radical (unpaired) electrons. The molecule has 132 valence electrons. The molecule has 2 unspecified atom stereocenters. The summed E-state index contributed by atoms with van der Waals surface area (Å²) >= 11 is 0. The first-order valence-electron chi connectivity index (χ1n) is 9.01. The number of anilines is 1. The van der Waals surface area contributed by atoms with Crippen LogP contribution in [-0.4, -0.2) is 24.1 Å². The summed E-state index contributed by atoms with van der Waals surface area (Å²) in [4.78, 5) is 14.7. The van der Waals surface area contributed by atoms with E-state index < -0.39 is 6.10 Å². The Kier molecular flexibility index (Phi) is 5.71. The third-order valence-electron chi connectivity index (χ3n) is 4.78. The highest BCUT2D eigenvalue weighted by molar-refractivity contribution is 5.77. The Bertz CT molecular complexity index is 696. The van der Waals surface area contributed by atoms with E-state index >= 15 is 0 Å². The average molecular weight is 338 g/mol. The molecule has 1 aliphatic rings. The monoisotopic (exact) mass is 338 g/mol. The Hall–Kier alpha value is -2.33. The van der Waals surface area contributed by atoms with Gasteiger partial charge in [0.25, 0.3) is 0 Å². The van der Waals surface area contributed by atoms with Crippen LogP contribution in [-0.2, 0) is 4.79 Å². The van der Waals surface area contributed by atoms with Gasteiger partial charge in [0.15, 0.2) is 0 Å². The van der Waals surface area contributed by atoms with Crippen LogP contribution in [0.2, 0.25) is 0 Å². The molecule has 1 amide bonds. The molecule has 1 saturated heterocycles. The van der Waals surface area contributed by atoms with E-state index in [1.807, 2.05) is 49.4 Å². The van der Waals surface area contributed by atoms with E-state index in [0.29, 0.717) is 0 Å². The first kappa shape index (κ1) is 17.5. The molecule has 0 saturated carbocycles. The maximum absolute atomic E-state index is 12.3. The van der Waals surface area contributed by atoms with Crippen molar-refractivity contribution in [3.05, 3.63) is 65.7 Å². The van der Waals surface area contributed by atoms with Gasteiger partial charge in [-0.05, 0) is 43.0 Å². The fraction of sp³-hybridized carbons (Fsp3) is 0.381. The highest BCUT2D eigenvalue weighted by Crippen LogP contribution is 2.24. The lowest BCUT2D eigenvalue weighted by atomic mass is 10.0. The smallest absolute Gasteiger partial charge is 0.223 e. The number of benzene rings is 2. The van der Waals surface area contributed by atoms with Gasteiger partial charge in [-0.25, -0.2) is 0 Å². The predicted octanol–water partition coefficient (Wildman–Crippen LogP) is 3.59. The van der Waals surface area contributed by atoms with Crippen LogP contribution in [0.3, 0.4) is 0 Å². The molecule has 4 nitrogen and oxygen atoms in total. The molecule has 2 aromatic carbocycles. The molecule has 2 atom stereocenters.